The molecule has 2 aliphatic heterocycles. The molecule has 0 atom stereocenters. The summed E-state index contributed by atoms with van der Waals surface area (Å²) in [5, 5.41) is 0.552. The Kier molecular flexibility index (Phi) is 9.12. The number of hydrogen-bond donors (Lipinski definition) is 0. The molecule has 33 heavy (non-hydrogen) atoms. The van der Waals surface area contributed by atoms with E-state index in [9.17, 15) is 19.2 Å². The number of amides is 2. The summed E-state index contributed by atoms with van der Waals surface area (Å²) in [7, 11) is 1.28. The molecule has 2 heterocycles. The second kappa shape index (κ2) is 12.2. The lowest BCUT2D eigenvalue weighted by Crippen LogP contribution is -2.40. The number of carbonyl (C=O) groups is 4. The van der Waals surface area contributed by atoms with Gasteiger partial charge in [-0.3, -0.25) is 14.4 Å². The normalized spacial score (nSPS) is 18.2. The summed E-state index contributed by atoms with van der Waals surface area (Å²) in [5.74, 6) is -0.876. The summed E-state index contributed by atoms with van der Waals surface area (Å²) in [6, 6.07) is 9.62. The van der Waals surface area contributed by atoms with Gasteiger partial charge < -0.3 is 19.3 Å². The van der Waals surface area contributed by atoms with E-state index in [1.165, 1.54) is 29.8 Å². The smallest absolute Gasteiger partial charge is 0.333 e. The average molecular weight is 473 g/mol. The van der Waals surface area contributed by atoms with E-state index in [0.29, 0.717) is 43.9 Å². The molecule has 9 heteroatoms. The van der Waals surface area contributed by atoms with Gasteiger partial charge in [-0.15, -0.1) is 0 Å². The van der Waals surface area contributed by atoms with Gasteiger partial charge in [-0.1, -0.05) is 42.1 Å². The number of benzene rings is 1. The standard InChI is InChI=1S/C24H28N2O6S/c1-31-23(29)16-22-26(21(28)17-33-22)12-5-15-32-24(30)19-10-13-25(14-11-19)20(27)9-8-18-6-3-2-4-7-18/h2-4,6-9,16,19H,5,10-15,17H2,1H3/b9-8+,22-16+. The van der Waals surface area contributed by atoms with Gasteiger partial charge in [0.2, 0.25) is 11.8 Å². The zero-order valence-corrected chi connectivity index (χ0v) is 19.4. The monoisotopic (exact) mass is 472 g/mol. The van der Waals surface area contributed by atoms with Gasteiger partial charge in [-0.2, -0.15) is 0 Å². The van der Waals surface area contributed by atoms with Crippen molar-refractivity contribution < 1.29 is 28.7 Å². The van der Waals surface area contributed by atoms with Crippen LogP contribution in [0.3, 0.4) is 0 Å². The summed E-state index contributed by atoms with van der Waals surface area (Å²) in [6.07, 6.45) is 6.25. The third-order valence-corrected chi connectivity index (χ3v) is 6.51. The maximum Gasteiger partial charge on any atom is 0.333 e. The minimum absolute atomic E-state index is 0.0605. The SMILES string of the molecule is COC(=O)/C=C1/SCC(=O)N1CCCOC(=O)C1CCN(C(=O)/C=C/c2ccccc2)CC1. The van der Waals surface area contributed by atoms with Gasteiger partial charge in [0.25, 0.3) is 0 Å². The Labute approximate surface area is 197 Å². The Balaban J connectivity index is 1.37. The van der Waals surface area contributed by atoms with Crippen molar-refractivity contribution in [1.82, 2.24) is 9.80 Å². The number of hydrogen-bond acceptors (Lipinski definition) is 7. The first kappa shape index (κ1) is 24.6. The van der Waals surface area contributed by atoms with Crippen LogP contribution < -0.4 is 0 Å². The lowest BCUT2D eigenvalue weighted by atomic mass is 9.97. The highest BCUT2D eigenvalue weighted by Gasteiger charge is 2.29. The number of thioether (sulfide) groups is 1. The number of ether oxygens (including phenoxy) is 2. The Hall–Kier alpha value is -3.07. The number of carbonyl (C=O) groups excluding carboxylic acids is 4. The van der Waals surface area contributed by atoms with Crippen LogP contribution in [0.15, 0.2) is 47.5 Å². The van der Waals surface area contributed by atoms with Crippen molar-refractivity contribution in [2.24, 2.45) is 5.92 Å². The lowest BCUT2D eigenvalue weighted by molar-refractivity contribution is -0.151. The molecule has 0 saturated carbocycles. The summed E-state index contributed by atoms with van der Waals surface area (Å²) >= 11 is 1.29. The van der Waals surface area contributed by atoms with E-state index in [1.807, 2.05) is 30.3 Å². The van der Waals surface area contributed by atoms with Crippen molar-refractivity contribution in [2.45, 2.75) is 19.3 Å². The average Bonchev–Trinajstić information content (AvgIpc) is 3.19. The molecule has 0 spiro atoms. The molecular weight excluding hydrogens is 444 g/mol. The Morgan fingerprint density at radius 2 is 1.88 bits per heavy atom. The van der Waals surface area contributed by atoms with Crippen molar-refractivity contribution in [3.8, 4) is 0 Å². The molecule has 8 nitrogen and oxygen atoms in total. The van der Waals surface area contributed by atoms with Crippen LogP contribution in [0, 0.1) is 5.92 Å². The van der Waals surface area contributed by atoms with E-state index in [2.05, 4.69) is 4.74 Å². The molecule has 0 N–H and O–H groups in total. The number of esters is 2. The van der Waals surface area contributed by atoms with Gasteiger partial charge in [-0.25, -0.2) is 4.79 Å². The highest BCUT2D eigenvalue weighted by Crippen LogP contribution is 2.29. The third-order valence-electron chi connectivity index (χ3n) is 5.48. The van der Waals surface area contributed by atoms with Crippen molar-refractivity contribution >= 4 is 41.6 Å². The molecule has 3 rings (SSSR count). The highest BCUT2D eigenvalue weighted by molar-refractivity contribution is 8.04. The fraction of sp³-hybridized carbons (Fsp3) is 0.417. The molecule has 1 aromatic rings. The van der Waals surface area contributed by atoms with E-state index in [0.717, 1.165) is 5.56 Å². The van der Waals surface area contributed by atoms with E-state index >= 15 is 0 Å². The second-order valence-electron chi connectivity index (χ2n) is 7.70. The number of rotatable bonds is 8. The molecule has 2 amide bonds. The Morgan fingerprint density at radius 1 is 1.15 bits per heavy atom. The van der Waals surface area contributed by atoms with Crippen LogP contribution in [-0.2, 0) is 28.7 Å². The molecule has 0 bridgehead atoms. The van der Waals surface area contributed by atoms with Crippen LogP contribution >= 0.6 is 11.8 Å². The second-order valence-corrected chi connectivity index (χ2v) is 8.70. The molecule has 2 aliphatic rings. The third kappa shape index (κ3) is 7.21. The van der Waals surface area contributed by atoms with Crippen LogP contribution in [-0.4, -0.2) is 72.7 Å². The zero-order chi connectivity index (χ0) is 23.6. The van der Waals surface area contributed by atoms with Gasteiger partial charge in [0.15, 0.2) is 0 Å². The number of methoxy groups -OCH3 is 1. The molecule has 0 aromatic heterocycles. The van der Waals surface area contributed by atoms with Crippen molar-refractivity contribution in [3.63, 3.8) is 0 Å². The fourth-order valence-corrected chi connectivity index (χ4v) is 4.57. The topological polar surface area (TPSA) is 93.2 Å². The number of likely N-dealkylation sites (tertiary alicyclic amines) is 1. The first-order valence-electron chi connectivity index (χ1n) is 10.9. The molecule has 1 aromatic carbocycles. The predicted octanol–water partition coefficient (Wildman–Crippen LogP) is 2.46. The van der Waals surface area contributed by atoms with Crippen LogP contribution in [0.5, 0.6) is 0 Å². The van der Waals surface area contributed by atoms with E-state index in [-0.39, 0.29) is 36.1 Å². The summed E-state index contributed by atoms with van der Waals surface area (Å²) < 4.78 is 10.0. The van der Waals surface area contributed by atoms with Crippen LogP contribution in [0.1, 0.15) is 24.8 Å². The van der Waals surface area contributed by atoms with Crippen LogP contribution in [0.25, 0.3) is 6.08 Å². The predicted molar refractivity (Wildman–Crippen MR) is 125 cm³/mol. The summed E-state index contributed by atoms with van der Waals surface area (Å²) in [5.41, 5.74) is 0.964. The minimum atomic E-state index is -0.510. The van der Waals surface area contributed by atoms with Gasteiger partial charge in [0, 0.05) is 25.7 Å². The van der Waals surface area contributed by atoms with Crippen molar-refractivity contribution in [1.29, 1.82) is 0 Å². The van der Waals surface area contributed by atoms with Crippen molar-refractivity contribution in [2.75, 3.05) is 39.1 Å². The minimum Gasteiger partial charge on any atom is -0.466 e. The summed E-state index contributed by atoms with van der Waals surface area (Å²) in [4.78, 5) is 51.5. The lowest BCUT2D eigenvalue weighted by Gasteiger charge is -2.30. The van der Waals surface area contributed by atoms with Crippen LogP contribution in [0.2, 0.25) is 0 Å². The quantitative estimate of drug-likeness (QED) is 0.326. The van der Waals surface area contributed by atoms with Crippen LogP contribution in [0.4, 0.5) is 0 Å². The Bertz CT molecular complexity index is 922. The molecule has 176 valence electrons. The first-order valence-corrected chi connectivity index (χ1v) is 11.9. The molecule has 0 radical (unpaired) electrons. The molecule has 2 saturated heterocycles. The van der Waals surface area contributed by atoms with Gasteiger partial charge in [0.05, 0.1) is 36.5 Å². The van der Waals surface area contributed by atoms with Gasteiger partial charge in [-0.05, 0) is 30.9 Å². The first-order chi connectivity index (χ1) is 16.0. The Morgan fingerprint density at radius 3 is 2.58 bits per heavy atom. The van der Waals surface area contributed by atoms with E-state index in [1.54, 1.807) is 17.1 Å². The molecule has 2 fully saturated rings. The maximum atomic E-state index is 12.4. The van der Waals surface area contributed by atoms with Crippen molar-refractivity contribution in [3.05, 3.63) is 53.1 Å². The van der Waals surface area contributed by atoms with E-state index < -0.39 is 5.97 Å². The summed E-state index contributed by atoms with van der Waals surface area (Å²) in [6.45, 7) is 1.58. The zero-order valence-electron chi connectivity index (χ0n) is 18.6. The molecular formula is C24H28N2O6S. The fourth-order valence-electron chi connectivity index (χ4n) is 3.61. The van der Waals surface area contributed by atoms with Gasteiger partial charge in [0.1, 0.15) is 0 Å². The van der Waals surface area contributed by atoms with E-state index in [4.69, 9.17) is 4.74 Å². The number of piperidine rings is 1. The molecule has 0 unspecified atom stereocenters. The van der Waals surface area contributed by atoms with Gasteiger partial charge >= 0.3 is 11.9 Å². The highest BCUT2D eigenvalue weighted by atomic mass is 32.2. The molecule has 0 aliphatic carbocycles. The maximum absolute atomic E-state index is 12.4. The number of nitrogens with zero attached hydrogens (tertiary/aromatic N) is 2. The largest absolute Gasteiger partial charge is 0.466 e.